The first-order chi connectivity index (χ1) is 10.4. The summed E-state index contributed by atoms with van der Waals surface area (Å²) in [6.07, 6.45) is 1.80. The first-order valence-corrected chi connectivity index (χ1v) is 6.60. The van der Waals surface area contributed by atoms with Crippen LogP contribution in [0.5, 0.6) is 0 Å². The number of rotatable bonds is 2. The standard InChI is InChI=1S/C16H11N5/c1-3-7-13-11(5-1)9-12-6-2-4-8-14(12)15(13)10-17-16-18-20-21-19-16/h1-10H,(H,18,19,20,21)/b17-10+. The van der Waals surface area contributed by atoms with Gasteiger partial charge in [0.25, 0.3) is 5.95 Å². The van der Waals surface area contributed by atoms with E-state index in [1.54, 1.807) is 6.21 Å². The maximum Gasteiger partial charge on any atom is 0.288 e. The predicted octanol–water partition coefficient (Wildman–Crippen LogP) is 3.26. The predicted molar refractivity (Wildman–Crippen MR) is 82.9 cm³/mol. The zero-order valence-electron chi connectivity index (χ0n) is 11.1. The molecule has 0 aliphatic rings. The van der Waals surface area contributed by atoms with Crippen molar-refractivity contribution >= 4 is 33.7 Å². The average Bonchev–Trinajstić information content (AvgIpc) is 3.05. The van der Waals surface area contributed by atoms with E-state index in [9.17, 15) is 0 Å². The molecular formula is C16H11N5. The van der Waals surface area contributed by atoms with Crippen LogP contribution in [0.1, 0.15) is 5.56 Å². The molecule has 1 heterocycles. The Bertz CT molecular complexity index is 887. The van der Waals surface area contributed by atoms with Crippen LogP contribution in [0.4, 0.5) is 5.95 Å². The quantitative estimate of drug-likeness (QED) is 0.450. The number of benzene rings is 3. The third-order valence-corrected chi connectivity index (χ3v) is 3.46. The second-order valence-electron chi connectivity index (χ2n) is 4.70. The minimum absolute atomic E-state index is 0.326. The summed E-state index contributed by atoms with van der Waals surface area (Å²) < 4.78 is 0. The van der Waals surface area contributed by atoms with Crippen LogP contribution in [0.3, 0.4) is 0 Å². The van der Waals surface area contributed by atoms with E-state index in [0.29, 0.717) is 5.95 Å². The monoisotopic (exact) mass is 273 g/mol. The number of hydrogen-bond donors (Lipinski definition) is 1. The highest BCUT2D eigenvalue weighted by Crippen LogP contribution is 2.27. The second kappa shape index (κ2) is 4.79. The van der Waals surface area contributed by atoms with Crippen LogP contribution < -0.4 is 0 Å². The fourth-order valence-corrected chi connectivity index (χ4v) is 2.52. The lowest BCUT2D eigenvalue weighted by Gasteiger charge is -2.07. The molecule has 100 valence electrons. The number of aliphatic imine (C=N–C) groups is 1. The topological polar surface area (TPSA) is 66.8 Å². The molecule has 0 spiro atoms. The van der Waals surface area contributed by atoms with Gasteiger partial charge in [-0.3, -0.25) is 0 Å². The Morgan fingerprint density at radius 1 is 0.905 bits per heavy atom. The molecule has 21 heavy (non-hydrogen) atoms. The summed E-state index contributed by atoms with van der Waals surface area (Å²) in [5.74, 6) is 0.326. The molecule has 5 nitrogen and oxygen atoms in total. The van der Waals surface area contributed by atoms with Crippen molar-refractivity contribution in [2.75, 3.05) is 0 Å². The van der Waals surface area contributed by atoms with E-state index in [4.69, 9.17) is 0 Å². The van der Waals surface area contributed by atoms with Gasteiger partial charge in [-0.05, 0) is 32.8 Å². The molecule has 3 aromatic carbocycles. The van der Waals surface area contributed by atoms with Gasteiger partial charge < -0.3 is 0 Å². The van der Waals surface area contributed by atoms with Crippen molar-refractivity contribution in [2.45, 2.75) is 0 Å². The molecule has 0 aliphatic carbocycles. The van der Waals surface area contributed by atoms with Crippen LogP contribution in [-0.2, 0) is 0 Å². The molecule has 0 saturated heterocycles. The Morgan fingerprint density at radius 2 is 1.57 bits per heavy atom. The van der Waals surface area contributed by atoms with Crippen molar-refractivity contribution in [2.24, 2.45) is 4.99 Å². The van der Waals surface area contributed by atoms with Crippen LogP contribution in [0, 0.1) is 0 Å². The largest absolute Gasteiger partial charge is 0.288 e. The molecule has 0 saturated carbocycles. The number of aromatic nitrogens is 4. The minimum Gasteiger partial charge on any atom is -0.216 e. The van der Waals surface area contributed by atoms with Crippen molar-refractivity contribution in [3.8, 4) is 0 Å². The first kappa shape index (κ1) is 11.7. The van der Waals surface area contributed by atoms with E-state index in [2.05, 4.69) is 55.9 Å². The van der Waals surface area contributed by atoms with Crippen LogP contribution in [0.15, 0.2) is 59.6 Å². The second-order valence-corrected chi connectivity index (χ2v) is 4.70. The maximum atomic E-state index is 4.30. The molecule has 1 N–H and O–H groups in total. The van der Waals surface area contributed by atoms with Crippen molar-refractivity contribution in [3.63, 3.8) is 0 Å². The van der Waals surface area contributed by atoms with Gasteiger partial charge in [-0.2, -0.15) is 5.21 Å². The van der Waals surface area contributed by atoms with Crippen LogP contribution in [-0.4, -0.2) is 26.8 Å². The highest BCUT2D eigenvalue weighted by atomic mass is 15.5. The van der Waals surface area contributed by atoms with Gasteiger partial charge in [0.15, 0.2) is 0 Å². The van der Waals surface area contributed by atoms with Gasteiger partial charge in [-0.25, -0.2) is 4.99 Å². The number of hydrogen-bond acceptors (Lipinski definition) is 4. The van der Waals surface area contributed by atoms with Gasteiger partial charge in [0.2, 0.25) is 0 Å². The molecule has 1 aromatic heterocycles. The average molecular weight is 273 g/mol. The molecule has 0 fully saturated rings. The third-order valence-electron chi connectivity index (χ3n) is 3.46. The molecule has 0 bridgehead atoms. The van der Waals surface area contributed by atoms with E-state index in [1.807, 2.05) is 24.3 Å². The van der Waals surface area contributed by atoms with Crippen molar-refractivity contribution < 1.29 is 0 Å². The van der Waals surface area contributed by atoms with E-state index in [0.717, 1.165) is 16.3 Å². The molecule has 0 unspecified atom stereocenters. The van der Waals surface area contributed by atoms with Crippen molar-refractivity contribution in [1.29, 1.82) is 0 Å². The van der Waals surface area contributed by atoms with Gasteiger partial charge in [0.05, 0.1) is 0 Å². The normalized spacial score (nSPS) is 11.6. The molecule has 0 amide bonds. The smallest absolute Gasteiger partial charge is 0.216 e. The number of H-pyrrole nitrogens is 1. The summed E-state index contributed by atoms with van der Waals surface area (Å²) in [5, 5.41) is 18.3. The zero-order valence-corrected chi connectivity index (χ0v) is 11.1. The van der Waals surface area contributed by atoms with Gasteiger partial charge in [-0.15, -0.1) is 5.10 Å². The number of aromatic amines is 1. The Hall–Kier alpha value is -3.08. The number of fused-ring (bicyclic) bond motifs is 2. The van der Waals surface area contributed by atoms with E-state index in [-0.39, 0.29) is 0 Å². The lowest BCUT2D eigenvalue weighted by Crippen LogP contribution is -1.88. The summed E-state index contributed by atoms with van der Waals surface area (Å²) in [6.45, 7) is 0. The van der Waals surface area contributed by atoms with Gasteiger partial charge in [0, 0.05) is 11.8 Å². The molecule has 0 atom stereocenters. The van der Waals surface area contributed by atoms with E-state index >= 15 is 0 Å². The van der Waals surface area contributed by atoms with Crippen LogP contribution in [0.25, 0.3) is 21.5 Å². The van der Waals surface area contributed by atoms with Crippen molar-refractivity contribution in [3.05, 3.63) is 60.2 Å². The van der Waals surface area contributed by atoms with Gasteiger partial charge in [0.1, 0.15) is 0 Å². The molecule has 4 rings (SSSR count). The molecule has 0 aliphatic heterocycles. The van der Waals surface area contributed by atoms with Crippen LogP contribution in [0.2, 0.25) is 0 Å². The van der Waals surface area contributed by atoms with Crippen LogP contribution >= 0.6 is 0 Å². The fraction of sp³-hybridized carbons (Fsp3) is 0. The minimum atomic E-state index is 0.326. The fourth-order valence-electron chi connectivity index (χ4n) is 2.52. The number of nitrogens with zero attached hydrogens (tertiary/aromatic N) is 4. The number of nitrogens with one attached hydrogen (secondary N) is 1. The Morgan fingerprint density at radius 3 is 2.19 bits per heavy atom. The first-order valence-electron chi connectivity index (χ1n) is 6.60. The van der Waals surface area contributed by atoms with E-state index in [1.165, 1.54) is 10.8 Å². The van der Waals surface area contributed by atoms with Gasteiger partial charge >= 0.3 is 0 Å². The molecule has 4 aromatic rings. The Balaban J connectivity index is 2.02. The highest BCUT2D eigenvalue weighted by Gasteiger charge is 2.05. The SMILES string of the molecule is C(=N\c1nn[nH]n1)/c1c2ccccc2cc2ccccc12. The molecule has 5 heteroatoms. The molecular weight excluding hydrogens is 262 g/mol. The summed E-state index contributed by atoms with van der Waals surface area (Å²) >= 11 is 0. The Labute approximate surface area is 120 Å². The summed E-state index contributed by atoms with van der Waals surface area (Å²) in [4.78, 5) is 4.30. The lowest BCUT2D eigenvalue weighted by molar-refractivity contribution is 0.881. The Kier molecular flexibility index (Phi) is 2.67. The lowest BCUT2D eigenvalue weighted by atomic mass is 9.97. The summed E-state index contributed by atoms with van der Waals surface area (Å²) in [5.41, 5.74) is 1.06. The third kappa shape index (κ3) is 2.04. The van der Waals surface area contributed by atoms with Crippen molar-refractivity contribution in [1.82, 2.24) is 20.6 Å². The molecule has 0 radical (unpaired) electrons. The summed E-state index contributed by atoms with van der Waals surface area (Å²) in [6, 6.07) is 18.7. The van der Waals surface area contributed by atoms with E-state index < -0.39 is 0 Å². The highest BCUT2D eigenvalue weighted by molar-refractivity contribution is 6.13. The maximum absolute atomic E-state index is 4.30. The zero-order chi connectivity index (χ0) is 14.1. The van der Waals surface area contributed by atoms with Gasteiger partial charge in [-0.1, -0.05) is 53.6 Å². The number of tetrazole rings is 1. The summed E-state index contributed by atoms with van der Waals surface area (Å²) in [7, 11) is 0.